The molecule has 9 nitrogen and oxygen atoms in total. The van der Waals surface area contributed by atoms with E-state index in [-0.39, 0.29) is 42.2 Å². The van der Waals surface area contributed by atoms with Crippen LogP contribution in [0.25, 0.3) is 0 Å². The molecule has 1 saturated heterocycles. The van der Waals surface area contributed by atoms with Crippen LogP contribution >= 0.6 is 0 Å². The number of hydrogen-bond acceptors (Lipinski definition) is 8. The fraction of sp³-hybridized carbons (Fsp3) is 0.524. The van der Waals surface area contributed by atoms with Crippen molar-refractivity contribution in [3.05, 3.63) is 40.3 Å². The number of hydrogen-bond donors (Lipinski definition) is 0. The Morgan fingerprint density at radius 3 is 2.79 bits per heavy atom. The predicted octanol–water partition coefficient (Wildman–Crippen LogP) is 1.90. The first-order valence-corrected chi connectivity index (χ1v) is 10.5. The molecule has 4 rings (SSSR count). The molecule has 2 aromatic rings. The van der Waals surface area contributed by atoms with Gasteiger partial charge in [-0.25, -0.2) is 4.98 Å². The average molecular weight is 467 g/mol. The van der Waals surface area contributed by atoms with Crippen molar-refractivity contribution in [2.24, 2.45) is 0 Å². The number of alkyl halides is 3. The number of anilines is 2. The minimum Gasteiger partial charge on any atom is -0.481 e. The van der Waals surface area contributed by atoms with Crippen LogP contribution in [-0.2, 0) is 11.3 Å². The molecule has 2 aliphatic rings. The second-order valence-electron chi connectivity index (χ2n) is 8.01. The molecule has 0 radical (unpaired) electrons. The van der Waals surface area contributed by atoms with E-state index in [1.54, 1.807) is 0 Å². The van der Waals surface area contributed by atoms with E-state index < -0.39 is 30.1 Å². The highest BCUT2D eigenvalue weighted by molar-refractivity contribution is 5.99. The highest BCUT2D eigenvalue weighted by Crippen LogP contribution is 2.34. The Labute approximate surface area is 187 Å². The highest BCUT2D eigenvalue weighted by Gasteiger charge is 2.47. The Kier molecular flexibility index (Phi) is 6.28. The molecule has 0 aliphatic carbocycles. The zero-order valence-electron chi connectivity index (χ0n) is 18.2. The van der Waals surface area contributed by atoms with Crippen LogP contribution < -0.4 is 20.1 Å². The number of aromatic nitrogens is 3. The van der Waals surface area contributed by atoms with Crippen molar-refractivity contribution < 1.29 is 27.4 Å². The van der Waals surface area contributed by atoms with Crippen LogP contribution in [0, 0.1) is 0 Å². The summed E-state index contributed by atoms with van der Waals surface area (Å²) < 4.78 is 53.5. The van der Waals surface area contributed by atoms with Crippen LogP contribution in [0.3, 0.4) is 0 Å². The van der Waals surface area contributed by atoms with Gasteiger partial charge in [0, 0.05) is 37.0 Å². The lowest BCUT2D eigenvalue weighted by Gasteiger charge is -2.40. The molecule has 4 heterocycles. The Hall–Kier alpha value is -3.15. The number of halogens is 3. The zero-order valence-corrected chi connectivity index (χ0v) is 18.2. The van der Waals surface area contributed by atoms with Crippen LogP contribution in [-0.4, -0.2) is 72.0 Å². The SMILES string of the molecule is COc1cc(C(=O)CN2c3nc(N4CCOC[C@H]4C)cc(=O)n3CC[C@H]2C(F)(F)F)ccn1. The molecule has 33 heavy (non-hydrogen) atoms. The standard InChI is InChI=1S/C21H24F3N5O4/c1-13-12-33-8-7-27(13)17-10-19(31)28-6-4-16(21(22,23)24)29(20(28)26-17)11-15(30)14-3-5-25-18(9-14)32-2/h3,5,9-10,13,16H,4,6-8,11-12H2,1-2H3/t13-,16+/m1/s1. The smallest absolute Gasteiger partial charge is 0.408 e. The maximum absolute atomic E-state index is 13.9. The van der Waals surface area contributed by atoms with E-state index in [9.17, 15) is 22.8 Å². The maximum Gasteiger partial charge on any atom is 0.408 e. The maximum atomic E-state index is 13.9. The number of carbonyl (C=O) groups excluding carboxylic acids is 1. The Bertz CT molecular complexity index is 1090. The van der Waals surface area contributed by atoms with E-state index >= 15 is 0 Å². The molecule has 0 unspecified atom stereocenters. The Morgan fingerprint density at radius 1 is 1.30 bits per heavy atom. The van der Waals surface area contributed by atoms with Gasteiger partial charge in [-0.2, -0.15) is 18.2 Å². The Balaban J connectivity index is 1.75. The molecule has 0 amide bonds. The molecule has 0 saturated carbocycles. The third-order valence-corrected chi connectivity index (χ3v) is 5.85. The molecule has 1 fully saturated rings. The van der Waals surface area contributed by atoms with Crippen LogP contribution in [0.1, 0.15) is 23.7 Å². The van der Waals surface area contributed by atoms with Gasteiger partial charge < -0.3 is 19.3 Å². The van der Waals surface area contributed by atoms with Crippen LogP contribution in [0.2, 0.25) is 0 Å². The average Bonchev–Trinajstić information content (AvgIpc) is 2.79. The summed E-state index contributed by atoms with van der Waals surface area (Å²) in [7, 11) is 1.38. The van der Waals surface area contributed by atoms with E-state index in [0.29, 0.717) is 19.8 Å². The van der Waals surface area contributed by atoms with Gasteiger partial charge in [0.05, 0.1) is 32.9 Å². The van der Waals surface area contributed by atoms with Gasteiger partial charge in [0.25, 0.3) is 5.56 Å². The second-order valence-corrected chi connectivity index (χ2v) is 8.01. The minimum absolute atomic E-state index is 0.102. The normalized spacial score (nSPS) is 21.0. The lowest BCUT2D eigenvalue weighted by molar-refractivity contribution is -0.152. The fourth-order valence-corrected chi connectivity index (χ4v) is 4.13. The summed E-state index contributed by atoms with van der Waals surface area (Å²) in [5.74, 6) is -0.296. The quantitative estimate of drug-likeness (QED) is 0.616. The summed E-state index contributed by atoms with van der Waals surface area (Å²) in [4.78, 5) is 36.9. The van der Waals surface area contributed by atoms with Gasteiger partial charge in [-0.3, -0.25) is 14.2 Å². The summed E-state index contributed by atoms with van der Waals surface area (Å²) >= 11 is 0. The van der Waals surface area contributed by atoms with Crippen LogP contribution in [0.5, 0.6) is 5.88 Å². The first-order chi connectivity index (χ1) is 15.7. The molecule has 178 valence electrons. The third-order valence-electron chi connectivity index (χ3n) is 5.85. The number of ketones is 1. The van der Waals surface area contributed by atoms with Gasteiger partial charge in [0.15, 0.2) is 5.78 Å². The molecular weight excluding hydrogens is 443 g/mol. The predicted molar refractivity (Wildman–Crippen MR) is 113 cm³/mol. The molecular formula is C21H24F3N5O4. The molecule has 0 spiro atoms. The largest absolute Gasteiger partial charge is 0.481 e. The summed E-state index contributed by atoms with van der Waals surface area (Å²) in [5.41, 5.74) is -0.308. The number of nitrogens with zero attached hydrogens (tertiary/aromatic N) is 5. The lowest BCUT2D eigenvalue weighted by Crippen LogP contribution is -2.54. The first-order valence-electron chi connectivity index (χ1n) is 10.5. The highest BCUT2D eigenvalue weighted by atomic mass is 19.4. The van der Waals surface area contributed by atoms with Gasteiger partial charge in [-0.1, -0.05) is 0 Å². The molecule has 0 aromatic carbocycles. The van der Waals surface area contributed by atoms with Gasteiger partial charge in [-0.15, -0.1) is 0 Å². The summed E-state index contributed by atoms with van der Waals surface area (Å²) in [6.45, 7) is 2.42. The number of fused-ring (bicyclic) bond motifs is 1. The molecule has 0 N–H and O–H groups in total. The van der Waals surface area contributed by atoms with E-state index in [4.69, 9.17) is 9.47 Å². The molecule has 2 aromatic heterocycles. The monoisotopic (exact) mass is 467 g/mol. The fourth-order valence-electron chi connectivity index (χ4n) is 4.13. The number of pyridine rings is 1. The second kappa shape index (κ2) is 9.00. The summed E-state index contributed by atoms with van der Waals surface area (Å²) in [6.07, 6.45) is -3.63. The zero-order chi connectivity index (χ0) is 23.8. The number of ether oxygens (including phenoxy) is 2. The Morgan fingerprint density at radius 2 is 2.09 bits per heavy atom. The summed E-state index contributed by atoms with van der Waals surface area (Å²) in [6, 6.07) is 2.04. The number of morpholine rings is 1. The number of Topliss-reactive ketones (excluding diaryl/α,β-unsaturated/α-hetero) is 1. The third kappa shape index (κ3) is 4.65. The number of rotatable bonds is 5. The molecule has 2 aliphatic heterocycles. The van der Waals surface area contributed by atoms with Crippen LogP contribution in [0.4, 0.5) is 24.9 Å². The van der Waals surface area contributed by atoms with Gasteiger partial charge in [0.2, 0.25) is 11.8 Å². The van der Waals surface area contributed by atoms with E-state index in [1.807, 2.05) is 11.8 Å². The van der Waals surface area contributed by atoms with Crippen molar-refractivity contribution in [2.45, 2.75) is 38.1 Å². The van der Waals surface area contributed by atoms with Gasteiger partial charge in [-0.05, 0) is 19.4 Å². The van der Waals surface area contributed by atoms with Crippen molar-refractivity contribution in [2.75, 3.05) is 43.2 Å². The van der Waals surface area contributed by atoms with E-state index in [1.165, 1.54) is 36.1 Å². The van der Waals surface area contributed by atoms with Crippen molar-refractivity contribution in [1.82, 2.24) is 14.5 Å². The number of carbonyl (C=O) groups is 1. The topological polar surface area (TPSA) is 89.8 Å². The van der Waals surface area contributed by atoms with Crippen molar-refractivity contribution in [3.63, 3.8) is 0 Å². The molecule has 0 bridgehead atoms. The number of methoxy groups -OCH3 is 1. The molecule has 12 heteroatoms. The van der Waals surface area contributed by atoms with Crippen molar-refractivity contribution >= 4 is 17.5 Å². The van der Waals surface area contributed by atoms with Gasteiger partial charge >= 0.3 is 6.18 Å². The van der Waals surface area contributed by atoms with Crippen molar-refractivity contribution in [1.29, 1.82) is 0 Å². The first kappa shape index (κ1) is 23.0. The lowest BCUT2D eigenvalue weighted by atomic mass is 10.1. The minimum atomic E-state index is -4.61. The van der Waals surface area contributed by atoms with E-state index in [2.05, 4.69) is 9.97 Å². The van der Waals surface area contributed by atoms with Crippen molar-refractivity contribution in [3.8, 4) is 5.88 Å². The van der Waals surface area contributed by atoms with Crippen LogP contribution in [0.15, 0.2) is 29.2 Å². The molecule has 2 atom stereocenters. The van der Waals surface area contributed by atoms with Gasteiger partial charge in [0.1, 0.15) is 11.9 Å². The summed E-state index contributed by atoms with van der Waals surface area (Å²) in [5, 5.41) is 0. The van der Waals surface area contributed by atoms with E-state index in [0.717, 1.165) is 4.90 Å².